The van der Waals surface area contributed by atoms with Crippen molar-refractivity contribution in [1.29, 1.82) is 0 Å². The Morgan fingerprint density at radius 2 is 1.48 bits per heavy atom. The molecule has 21 heavy (non-hydrogen) atoms. The van der Waals surface area contributed by atoms with Crippen molar-refractivity contribution in [2.75, 3.05) is 14.2 Å². The smallest absolute Gasteiger partial charge is 0.199 e. The first-order valence-electron chi connectivity index (χ1n) is 6.26. The second-order valence-corrected chi connectivity index (χ2v) is 6.14. The summed E-state index contributed by atoms with van der Waals surface area (Å²) in [6.45, 7) is 0. The van der Waals surface area contributed by atoms with Gasteiger partial charge in [0.25, 0.3) is 0 Å². The molecule has 0 amide bonds. The molecule has 0 aliphatic rings. The molecule has 0 heterocycles. The van der Waals surface area contributed by atoms with E-state index in [9.17, 15) is 8.42 Å². The summed E-state index contributed by atoms with van der Waals surface area (Å²) in [4.78, 5) is 0.260. The summed E-state index contributed by atoms with van der Waals surface area (Å²) < 4.78 is 34.6. The zero-order valence-electron chi connectivity index (χ0n) is 11.8. The molecule has 0 saturated carbocycles. The predicted molar refractivity (Wildman–Crippen MR) is 82.2 cm³/mol. The van der Waals surface area contributed by atoms with Crippen LogP contribution in [0.5, 0.6) is 11.5 Å². The summed E-state index contributed by atoms with van der Waals surface area (Å²) in [6, 6.07) is 13.5. The Morgan fingerprint density at radius 1 is 0.905 bits per heavy atom. The monoisotopic (exact) mass is 304 g/mol. The van der Waals surface area contributed by atoms with Gasteiger partial charge in [-0.25, -0.2) is 8.42 Å². The zero-order valence-corrected chi connectivity index (χ0v) is 12.6. The minimum Gasteiger partial charge on any atom is -0.497 e. The van der Waals surface area contributed by atoms with Gasteiger partial charge in [-0.2, -0.15) is 0 Å². The Labute approximate surface area is 124 Å². The van der Waals surface area contributed by atoms with Crippen molar-refractivity contribution < 1.29 is 17.9 Å². The molecule has 0 aliphatic heterocycles. The van der Waals surface area contributed by atoms with E-state index in [1.807, 2.05) is 0 Å². The van der Waals surface area contributed by atoms with Crippen molar-refractivity contribution in [3.8, 4) is 11.5 Å². The molecule has 0 radical (unpaired) electrons. The van der Waals surface area contributed by atoms with Crippen LogP contribution in [0.1, 0.15) is 5.56 Å². The second-order valence-electron chi connectivity index (χ2n) is 4.31. The topological polar surface area (TPSA) is 52.6 Å². The molecular formula is C16H16O4S. The lowest BCUT2D eigenvalue weighted by atomic mass is 10.2. The maximum absolute atomic E-state index is 12.2. The quantitative estimate of drug-likeness (QED) is 0.851. The lowest BCUT2D eigenvalue weighted by molar-refractivity contribution is 0.394. The van der Waals surface area contributed by atoms with Crippen LogP contribution in [0.4, 0.5) is 0 Å². The van der Waals surface area contributed by atoms with Crippen LogP contribution in [0.25, 0.3) is 6.08 Å². The van der Waals surface area contributed by atoms with E-state index in [1.54, 1.807) is 62.8 Å². The van der Waals surface area contributed by atoms with Crippen molar-refractivity contribution in [3.05, 3.63) is 59.5 Å². The number of rotatable bonds is 5. The van der Waals surface area contributed by atoms with Crippen LogP contribution in [0.15, 0.2) is 58.8 Å². The summed E-state index contributed by atoms with van der Waals surface area (Å²) in [7, 11) is -0.371. The van der Waals surface area contributed by atoms with Gasteiger partial charge in [-0.15, -0.1) is 0 Å². The summed E-state index contributed by atoms with van der Waals surface area (Å²) in [6.07, 6.45) is 1.52. The van der Waals surface area contributed by atoms with Crippen LogP contribution in [0.2, 0.25) is 0 Å². The third kappa shape index (κ3) is 3.86. The Morgan fingerprint density at radius 3 is 2.00 bits per heavy atom. The van der Waals surface area contributed by atoms with Crippen LogP contribution in [-0.4, -0.2) is 22.6 Å². The highest BCUT2D eigenvalue weighted by atomic mass is 32.2. The highest BCUT2D eigenvalue weighted by Crippen LogP contribution is 2.24. The number of methoxy groups -OCH3 is 2. The van der Waals surface area contributed by atoms with Crippen LogP contribution in [-0.2, 0) is 9.84 Å². The molecule has 5 heteroatoms. The Kier molecular flexibility index (Phi) is 4.65. The van der Waals surface area contributed by atoms with Gasteiger partial charge in [0, 0.05) is 11.5 Å². The molecule has 0 spiro atoms. The molecule has 110 valence electrons. The van der Waals surface area contributed by atoms with E-state index in [0.29, 0.717) is 17.1 Å². The highest BCUT2D eigenvalue weighted by Gasteiger charge is 2.09. The van der Waals surface area contributed by atoms with Crippen LogP contribution in [0, 0.1) is 0 Å². The fourth-order valence-electron chi connectivity index (χ4n) is 1.78. The molecule has 4 nitrogen and oxygen atoms in total. The van der Waals surface area contributed by atoms with E-state index >= 15 is 0 Å². The van der Waals surface area contributed by atoms with E-state index in [-0.39, 0.29) is 4.90 Å². The zero-order chi connectivity index (χ0) is 15.3. The van der Waals surface area contributed by atoms with Crippen molar-refractivity contribution in [3.63, 3.8) is 0 Å². The van der Waals surface area contributed by atoms with E-state index < -0.39 is 9.84 Å². The minimum absolute atomic E-state index is 0.260. The fraction of sp³-hybridized carbons (Fsp3) is 0.125. The molecule has 0 atom stereocenters. The van der Waals surface area contributed by atoms with Gasteiger partial charge in [-0.1, -0.05) is 18.2 Å². The predicted octanol–water partition coefficient (Wildman–Crippen LogP) is 3.15. The molecule has 0 N–H and O–H groups in total. The summed E-state index contributed by atoms with van der Waals surface area (Å²) >= 11 is 0. The number of sulfone groups is 1. The van der Waals surface area contributed by atoms with Gasteiger partial charge in [0.1, 0.15) is 11.5 Å². The van der Waals surface area contributed by atoms with Crippen LogP contribution in [0.3, 0.4) is 0 Å². The first kappa shape index (κ1) is 15.1. The first-order valence-corrected chi connectivity index (χ1v) is 7.81. The molecule has 2 aromatic carbocycles. The summed E-state index contributed by atoms with van der Waals surface area (Å²) in [5, 5.41) is 1.18. The molecule has 0 bridgehead atoms. The maximum atomic E-state index is 12.2. The Hall–Kier alpha value is -2.27. The minimum atomic E-state index is -3.46. The van der Waals surface area contributed by atoms with Crippen molar-refractivity contribution in [2.45, 2.75) is 4.90 Å². The van der Waals surface area contributed by atoms with Crippen molar-refractivity contribution >= 4 is 15.9 Å². The van der Waals surface area contributed by atoms with Crippen LogP contribution < -0.4 is 9.47 Å². The first-order chi connectivity index (χ1) is 10.0. The third-order valence-electron chi connectivity index (χ3n) is 2.89. The summed E-state index contributed by atoms with van der Waals surface area (Å²) in [5.41, 5.74) is 0.686. The number of hydrogen-bond donors (Lipinski definition) is 0. The Bertz CT molecular complexity index is 712. The second kappa shape index (κ2) is 6.45. The number of hydrogen-bond acceptors (Lipinski definition) is 4. The molecular weight excluding hydrogens is 288 g/mol. The number of ether oxygens (including phenoxy) is 2. The van der Waals surface area contributed by atoms with Crippen molar-refractivity contribution in [1.82, 2.24) is 0 Å². The molecule has 0 saturated heterocycles. The molecule has 2 rings (SSSR count). The van der Waals surface area contributed by atoms with Crippen molar-refractivity contribution in [2.24, 2.45) is 0 Å². The van der Waals surface area contributed by atoms with E-state index in [2.05, 4.69) is 0 Å². The van der Waals surface area contributed by atoms with Gasteiger partial charge in [0.15, 0.2) is 9.84 Å². The van der Waals surface area contributed by atoms with Gasteiger partial charge in [0.05, 0.1) is 19.1 Å². The molecule has 0 fully saturated rings. The lowest BCUT2D eigenvalue weighted by Crippen LogP contribution is -1.95. The molecule has 0 aromatic heterocycles. The van der Waals surface area contributed by atoms with Gasteiger partial charge >= 0.3 is 0 Å². The lowest BCUT2D eigenvalue weighted by Gasteiger charge is -2.05. The largest absolute Gasteiger partial charge is 0.497 e. The van der Waals surface area contributed by atoms with Gasteiger partial charge in [-0.05, 0) is 35.9 Å². The fourth-order valence-corrected chi connectivity index (χ4v) is 2.81. The van der Waals surface area contributed by atoms with Crippen LogP contribution >= 0.6 is 0 Å². The highest BCUT2D eigenvalue weighted by molar-refractivity contribution is 7.94. The number of benzene rings is 2. The molecule has 0 unspecified atom stereocenters. The van der Waals surface area contributed by atoms with E-state index in [1.165, 1.54) is 11.5 Å². The average Bonchev–Trinajstić information content (AvgIpc) is 2.53. The third-order valence-corrected chi connectivity index (χ3v) is 4.31. The van der Waals surface area contributed by atoms with Gasteiger partial charge in [-0.3, -0.25) is 0 Å². The summed E-state index contributed by atoms with van der Waals surface area (Å²) in [5.74, 6) is 1.21. The average molecular weight is 304 g/mol. The van der Waals surface area contributed by atoms with E-state index in [4.69, 9.17) is 9.47 Å². The SMILES string of the molecule is COc1cc(/C=C/S(=O)(=O)c2ccccc2)cc(OC)c1. The Balaban J connectivity index is 2.33. The molecule has 0 aliphatic carbocycles. The standard InChI is InChI=1S/C16H16O4S/c1-19-14-10-13(11-15(12-14)20-2)8-9-21(17,18)16-6-4-3-5-7-16/h3-12H,1-2H3/b9-8+. The maximum Gasteiger partial charge on any atom is 0.199 e. The van der Waals surface area contributed by atoms with Gasteiger partial charge < -0.3 is 9.47 Å². The van der Waals surface area contributed by atoms with Gasteiger partial charge in [0.2, 0.25) is 0 Å². The van der Waals surface area contributed by atoms with E-state index in [0.717, 1.165) is 0 Å². The molecule has 2 aromatic rings. The normalized spacial score (nSPS) is 11.5.